The van der Waals surface area contributed by atoms with Gasteiger partial charge in [0.15, 0.2) is 0 Å². The minimum absolute atomic E-state index is 0.0829. The second-order valence-electron chi connectivity index (χ2n) is 4.49. The average molecular weight is 295 g/mol. The van der Waals surface area contributed by atoms with E-state index in [0.29, 0.717) is 18.8 Å². The van der Waals surface area contributed by atoms with Gasteiger partial charge in [0.2, 0.25) is 0 Å². The molecule has 1 aromatic rings. The summed E-state index contributed by atoms with van der Waals surface area (Å²) in [6, 6.07) is 6.74. The van der Waals surface area contributed by atoms with Crippen molar-refractivity contribution in [1.82, 2.24) is 5.32 Å². The number of ether oxygens (including phenoxy) is 3. The van der Waals surface area contributed by atoms with Gasteiger partial charge >= 0.3 is 6.16 Å². The van der Waals surface area contributed by atoms with E-state index >= 15 is 0 Å². The number of nitrogens with one attached hydrogen (secondary N) is 1. The van der Waals surface area contributed by atoms with E-state index in [-0.39, 0.29) is 18.4 Å². The molecule has 0 heterocycles. The molecule has 0 aliphatic rings. The Morgan fingerprint density at radius 3 is 2.38 bits per heavy atom. The highest BCUT2D eigenvalue weighted by Gasteiger charge is 2.12. The van der Waals surface area contributed by atoms with E-state index in [1.807, 2.05) is 12.1 Å². The van der Waals surface area contributed by atoms with E-state index < -0.39 is 6.16 Å². The van der Waals surface area contributed by atoms with Crippen LogP contribution in [0.5, 0.6) is 5.75 Å². The Hall–Kier alpha value is -1.92. The summed E-state index contributed by atoms with van der Waals surface area (Å²) < 4.78 is 14.5. The van der Waals surface area contributed by atoms with Crippen molar-refractivity contribution in [2.45, 2.75) is 19.4 Å². The maximum Gasteiger partial charge on any atom is 0.513 e. The first-order valence-corrected chi connectivity index (χ1v) is 6.67. The summed E-state index contributed by atoms with van der Waals surface area (Å²) in [5, 5.41) is 2.96. The Kier molecular flexibility index (Phi) is 7.42. The highest BCUT2D eigenvalue weighted by molar-refractivity contribution is 5.81. The fourth-order valence-corrected chi connectivity index (χ4v) is 1.71. The fraction of sp³-hybridized carbons (Fsp3) is 0.467. The van der Waals surface area contributed by atoms with Crippen LogP contribution >= 0.6 is 0 Å². The van der Waals surface area contributed by atoms with Gasteiger partial charge in [0.25, 0.3) is 0 Å². The molecule has 116 valence electrons. The average Bonchev–Trinajstić information content (AvgIpc) is 2.46. The van der Waals surface area contributed by atoms with Crippen LogP contribution in [0.15, 0.2) is 24.3 Å². The molecule has 0 saturated heterocycles. The van der Waals surface area contributed by atoms with Crippen molar-refractivity contribution in [3.63, 3.8) is 0 Å². The standard InChI is InChI=1S/C15H21NO5/c1-11(17)14(16-2)10-12-4-6-13(7-5-12)21-15(18)20-9-8-19-3/h4-7,14,16H,8-10H2,1-3H3. The highest BCUT2D eigenvalue weighted by Crippen LogP contribution is 2.14. The molecule has 0 bridgehead atoms. The molecule has 0 saturated carbocycles. The maximum absolute atomic E-state index is 11.4. The van der Waals surface area contributed by atoms with Gasteiger partial charge in [0.05, 0.1) is 12.6 Å². The zero-order valence-corrected chi connectivity index (χ0v) is 12.5. The van der Waals surface area contributed by atoms with Crippen LogP contribution in [0, 0.1) is 0 Å². The van der Waals surface area contributed by atoms with Crippen molar-refractivity contribution in [3.05, 3.63) is 29.8 Å². The van der Waals surface area contributed by atoms with Crippen LogP contribution in [-0.4, -0.2) is 45.4 Å². The Balaban J connectivity index is 2.50. The summed E-state index contributed by atoms with van der Waals surface area (Å²) in [6.45, 7) is 2.02. The summed E-state index contributed by atoms with van der Waals surface area (Å²) in [5.74, 6) is 0.476. The Morgan fingerprint density at radius 2 is 1.86 bits per heavy atom. The smallest absolute Gasteiger partial charge is 0.432 e. The first kappa shape index (κ1) is 17.1. The maximum atomic E-state index is 11.4. The van der Waals surface area contributed by atoms with E-state index in [1.165, 1.54) is 7.11 Å². The van der Waals surface area contributed by atoms with Crippen molar-refractivity contribution < 1.29 is 23.8 Å². The Bertz CT molecular complexity index is 458. The van der Waals surface area contributed by atoms with Crippen LogP contribution in [0.3, 0.4) is 0 Å². The summed E-state index contributed by atoms with van der Waals surface area (Å²) in [5.41, 5.74) is 0.977. The third-order valence-electron chi connectivity index (χ3n) is 2.91. The van der Waals surface area contributed by atoms with E-state index in [4.69, 9.17) is 14.2 Å². The normalized spacial score (nSPS) is 11.8. The van der Waals surface area contributed by atoms with E-state index in [2.05, 4.69) is 5.32 Å². The van der Waals surface area contributed by atoms with Gasteiger partial charge in [-0.1, -0.05) is 12.1 Å². The number of ketones is 1. The first-order valence-electron chi connectivity index (χ1n) is 6.67. The number of Topliss-reactive ketones (excluding diaryl/α,β-unsaturated/α-hetero) is 1. The quantitative estimate of drug-likeness (QED) is 0.446. The lowest BCUT2D eigenvalue weighted by atomic mass is 10.0. The molecule has 6 nitrogen and oxygen atoms in total. The molecule has 0 fully saturated rings. The van der Waals surface area contributed by atoms with Gasteiger partial charge in [-0.2, -0.15) is 0 Å². The van der Waals surface area contributed by atoms with Crippen molar-refractivity contribution in [1.29, 1.82) is 0 Å². The molecule has 21 heavy (non-hydrogen) atoms. The van der Waals surface area contributed by atoms with Gasteiger partial charge in [-0.25, -0.2) is 4.79 Å². The topological polar surface area (TPSA) is 73.9 Å². The number of likely N-dealkylation sites (N-methyl/N-ethyl adjacent to an activating group) is 1. The summed E-state index contributed by atoms with van der Waals surface area (Å²) in [4.78, 5) is 22.7. The number of carbonyl (C=O) groups excluding carboxylic acids is 2. The van der Waals surface area contributed by atoms with Crippen LogP contribution in [0.25, 0.3) is 0 Å². The molecule has 1 aromatic carbocycles. The molecule has 0 radical (unpaired) electrons. The zero-order valence-electron chi connectivity index (χ0n) is 12.5. The molecule has 0 aromatic heterocycles. The molecule has 0 aliphatic carbocycles. The van der Waals surface area contributed by atoms with Crippen LogP contribution in [-0.2, 0) is 20.7 Å². The second-order valence-corrected chi connectivity index (χ2v) is 4.49. The number of rotatable bonds is 8. The Morgan fingerprint density at radius 1 is 1.19 bits per heavy atom. The molecular formula is C15H21NO5. The molecular weight excluding hydrogens is 274 g/mol. The molecule has 0 spiro atoms. The van der Waals surface area contributed by atoms with Crippen molar-refractivity contribution in [2.24, 2.45) is 0 Å². The molecule has 1 rings (SSSR count). The van der Waals surface area contributed by atoms with Crippen molar-refractivity contribution >= 4 is 11.9 Å². The number of hydrogen-bond acceptors (Lipinski definition) is 6. The molecule has 0 amide bonds. The SMILES string of the molecule is CNC(Cc1ccc(OC(=O)OCCOC)cc1)C(C)=O. The van der Waals surface area contributed by atoms with Gasteiger partial charge in [-0.15, -0.1) is 0 Å². The zero-order chi connectivity index (χ0) is 15.7. The molecule has 1 N–H and O–H groups in total. The third-order valence-corrected chi connectivity index (χ3v) is 2.91. The fourth-order valence-electron chi connectivity index (χ4n) is 1.71. The van der Waals surface area contributed by atoms with Crippen LogP contribution in [0.4, 0.5) is 4.79 Å². The van der Waals surface area contributed by atoms with Crippen LogP contribution in [0.2, 0.25) is 0 Å². The number of benzene rings is 1. The minimum Gasteiger partial charge on any atom is -0.432 e. The highest BCUT2D eigenvalue weighted by atomic mass is 16.7. The number of methoxy groups -OCH3 is 1. The molecule has 1 unspecified atom stereocenters. The van der Waals surface area contributed by atoms with Gasteiger partial charge in [0, 0.05) is 7.11 Å². The second kappa shape index (κ2) is 9.10. The lowest BCUT2D eigenvalue weighted by Gasteiger charge is -2.12. The van der Waals surface area contributed by atoms with E-state index in [1.54, 1.807) is 26.1 Å². The van der Waals surface area contributed by atoms with Gasteiger partial charge in [-0.3, -0.25) is 4.79 Å². The third kappa shape index (κ3) is 6.37. The largest absolute Gasteiger partial charge is 0.513 e. The minimum atomic E-state index is -0.767. The summed E-state index contributed by atoms with van der Waals surface area (Å²) in [7, 11) is 3.27. The van der Waals surface area contributed by atoms with Gasteiger partial charge in [-0.05, 0) is 38.1 Å². The van der Waals surface area contributed by atoms with Gasteiger partial charge < -0.3 is 19.5 Å². The van der Waals surface area contributed by atoms with Crippen LogP contribution < -0.4 is 10.1 Å². The lowest BCUT2D eigenvalue weighted by Crippen LogP contribution is -2.34. The lowest BCUT2D eigenvalue weighted by molar-refractivity contribution is -0.118. The van der Waals surface area contributed by atoms with E-state index in [0.717, 1.165) is 5.56 Å². The first-order chi connectivity index (χ1) is 10.1. The number of hydrogen-bond donors (Lipinski definition) is 1. The summed E-state index contributed by atoms with van der Waals surface area (Å²) >= 11 is 0. The summed E-state index contributed by atoms with van der Waals surface area (Å²) in [6.07, 6.45) is -0.179. The monoisotopic (exact) mass is 295 g/mol. The van der Waals surface area contributed by atoms with E-state index in [9.17, 15) is 9.59 Å². The molecule has 0 aliphatic heterocycles. The van der Waals surface area contributed by atoms with Gasteiger partial charge in [0.1, 0.15) is 18.1 Å². The predicted molar refractivity (Wildman–Crippen MR) is 77.5 cm³/mol. The molecule has 6 heteroatoms. The van der Waals surface area contributed by atoms with Crippen molar-refractivity contribution in [3.8, 4) is 5.75 Å². The Labute approximate surface area is 124 Å². The van der Waals surface area contributed by atoms with Crippen molar-refractivity contribution in [2.75, 3.05) is 27.4 Å². The number of carbonyl (C=O) groups is 2. The predicted octanol–water partition coefficient (Wildman–Crippen LogP) is 1.57. The molecule has 1 atom stereocenters. The van der Waals surface area contributed by atoms with Crippen LogP contribution in [0.1, 0.15) is 12.5 Å².